The highest BCUT2D eigenvalue weighted by molar-refractivity contribution is 6.13. The first-order valence-electron chi connectivity index (χ1n) is 8.36. The molecule has 2 heterocycles. The topological polar surface area (TPSA) is 31.7 Å². The Bertz CT molecular complexity index is 1000. The lowest BCUT2D eigenvalue weighted by Crippen LogP contribution is -3.00. The summed E-state index contributed by atoms with van der Waals surface area (Å²) >= 11 is 0. The van der Waals surface area contributed by atoms with Gasteiger partial charge in [-0.3, -0.25) is 0 Å². The SMILES string of the molecule is CCCCNc1c2ccccc2[n+](C)c2c1[nH]c1ccccc12.[Cl-]. The van der Waals surface area contributed by atoms with Gasteiger partial charge < -0.3 is 22.7 Å². The van der Waals surface area contributed by atoms with Crippen LogP contribution in [0.1, 0.15) is 19.8 Å². The second kappa shape index (κ2) is 6.70. The van der Waals surface area contributed by atoms with Crippen molar-refractivity contribution in [2.75, 3.05) is 11.9 Å². The number of hydrogen-bond donors (Lipinski definition) is 2. The Balaban J connectivity index is 0.00000169. The van der Waals surface area contributed by atoms with Crippen molar-refractivity contribution < 1.29 is 17.0 Å². The van der Waals surface area contributed by atoms with E-state index in [4.69, 9.17) is 0 Å². The minimum atomic E-state index is 0. The molecule has 0 unspecified atom stereocenters. The van der Waals surface area contributed by atoms with E-state index in [-0.39, 0.29) is 12.4 Å². The van der Waals surface area contributed by atoms with E-state index in [0.29, 0.717) is 0 Å². The van der Waals surface area contributed by atoms with Crippen molar-refractivity contribution in [3.05, 3.63) is 48.5 Å². The summed E-state index contributed by atoms with van der Waals surface area (Å²) in [5.74, 6) is 0. The molecule has 0 aliphatic rings. The minimum Gasteiger partial charge on any atom is -1.00 e. The van der Waals surface area contributed by atoms with Gasteiger partial charge in [0.25, 0.3) is 0 Å². The average molecular weight is 340 g/mol. The van der Waals surface area contributed by atoms with Crippen LogP contribution in [0.4, 0.5) is 5.69 Å². The standard InChI is InChI=1S/C20H21N3.ClH/c1-3-4-13-21-18-15-10-6-8-12-17(15)23(2)20-14-9-5-7-11-16(14)22-19(18)20;/h5-12H,3-4,13H2,1-2H3,(H,21,22);1H. The fraction of sp³-hybridized carbons (Fsp3) is 0.250. The molecular formula is C20H22ClN3. The fourth-order valence-corrected chi connectivity index (χ4v) is 3.46. The first-order valence-corrected chi connectivity index (χ1v) is 8.36. The number of aryl methyl sites for hydroxylation is 1. The number of halogens is 1. The number of nitrogens with zero attached hydrogens (tertiary/aromatic N) is 1. The Kier molecular flexibility index (Phi) is 4.63. The third-order valence-electron chi connectivity index (χ3n) is 4.63. The summed E-state index contributed by atoms with van der Waals surface area (Å²) in [6.07, 6.45) is 2.37. The number of nitrogens with one attached hydrogen (secondary N) is 2. The molecule has 2 N–H and O–H groups in total. The average Bonchev–Trinajstić information content (AvgIpc) is 2.97. The smallest absolute Gasteiger partial charge is 0.240 e. The van der Waals surface area contributed by atoms with Crippen molar-refractivity contribution in [2.24, 2.45) is 7.05 Å². The highest BCUT2D eigenvalue weighted by Gasteiger charge is 2.21. The van der Waals surface area contributed by atoms with Crippen molar-refractivity contribution in [3.63, 3.8) is 0 Å². The van der Waals surface area contributed by atoms with Crippen molar-refractivity contribution in [3.8, 4) is 0 Å². The van der Waals surface area contributed by atoms with Crippen LogP contribution >= 0.6 is 0 Å². The Labute approximate surface area is 148 Å². The molecule has 4 heteroatoms. The van der Waals surface area contributed by atoms with Gasteiger partial charge in [-0.25, -0.2) is 0 Å². The quantitative estimate of drug-likeness (QED) is 0.429. The lowest BCUT2D eigenvalue weighted by Gasteiger charge is -2.10. The Morgan fingerprint density at radius 2 is 1.71 bits per heavy atom. The molecule has 4 aromatic rings. The molecular weight excluding hydrogens is 318 g/mol. The summed E-state index contributed by atoms with van der Waals surface area (Å²) < 4.78 is 2.30. The first kappa shape index (κ1) is 16.6. The summed E-state index contributed by atoms with van der Waals surface area (Å²) in [6.45, 7) is 3.22. The summed E-state index contributed by atoms with van der Waals surface area (Å²) in [5.41, 5.74) is 6.12. The number of rotatable bonds is 4. The van der Waals surface area contributed by atoms with Crippen LogP contribution in [0.5, 0.6) is 0 Å². The van der Waals surface area contributed by atoms with Crippen LogP contribution < -0.4 is 22.3 Å². The monoisotopic (exact) mass is 339 g/mol. The lowest BCUT2D eigenvalue weighted by molar-refractivity contribution is -0.616. The number of fused-ring (bicyclic) bond motifs is 4. The van der Waals surface area contributed by atoms with Gasteiger partial charge in [-0.2, -0.15) is 4.57 Å². The van der Waals surface area contributed by atoms with Crippen molar-refractivity contribution in [1.29, 1.82) is 0 Å². The van der Waals surface area contributed by atoms with Crippen LogP contribution in [0.3, 0.4) is 0 Å². The van der Waals surface area contributed by atoms with Crippen LogP contribution in [-0.4, -0.2) is 11.5 Å². The third-order valence-corrected chi connectivity index (χ3v) is 4.63. The molecule has 0 atom stereocenters. The van der Waals surface area contributed by atoms with Crippen LogP contribution in [0.2, 0.25) is 0 Å². The number of benzene rings is 2. The number of hydrogen-bond acceptors (Lipinski definition) is 1. The van der Waals surface area contributed by atoms with E-state index < -0.39 is 0 Å². The van der Waals surface area contributed by atoms with Crippen LogP contribution in [0.25, 0.3) is 32.8 Å². The Hall–Kier alpha value is -2.26. The van der Waals surface area contributed by atoms with Crippen molar-refractivity contribution >= 4 is 38.5 Å². The van der Waals surface area contributed by atoms with Gasteiger partial charge in [-0.05, 0) is 24.6 Å². The third kappa shape index (κ3) is 2.49. The van der Waals surface area contributed by atoms with Crippen LogP contribution in [-0.2, 0) is 7.05 Å². The number of pyridine rings is 1. The van der Waals surface area contributed by atoms with Gasteiger partial charge in [-0.15, -0.1) is 0 Å². The van der Waals surface area contributed by atoms with Gasteiger partial charge in [-0.1, -0.05) is 37.6 Å². The maximum Gasteiger partial charge on any atom is 0.240 e. The summed E-state index contributed by atoms with van der Waals surface area (Å²) in [5, 5.41) is 6.22. The fourth-order valence-electron chi connectivity index (χ4n) is 3.46. The van der Waals surface area contributed by atoms with E-state index >= 15 is 0 Å². The van der Waals surface area contributed by atoms with Crippen LogP contribution in [0, 0.1) is 0 Å². The maximum absolute atomic E-state index is 3.68. The second-order valence-corrected chi connectivity index (χ2v) is 6.13. The molecule has 2 aromatic carbocycles. The molecule has 124 valence electrons. The zero-order valence-corrected chi connectivity index (χ0v) is 14.8. The number of anilines is 1. The van der Waals surface area contributed by atoms with E-state index in [9.17, 15) is 0 Å². The molecule has 0 bridgehead atoms. The summed E-state index contributed by atoms with van der Waals surface area (Å²) in [6, 6.07) is 17.2. The largest absolute Gasteiger partial charge is 1.00 e. The van der Waals surface area contributed by atoms with Crippen molar-refractivity contribution in [1.82, 2.24) is 4.98 Å². The number of aromatic amines is 1. The molecule has 0 aliphatic carbocycles. The molecule has 0 fully saturated rings. The van der Waals surface area contributed by atoms with Gasteiger partial charge >= 0.3 is 0 Å². The molecule has 0 saturated carbocycles. The van der Waals surface area contributed by atoms with Gasteiger partial charge in [0, 0.05) is 12.6 Å². The van der Waals surface area contributed by atoms with Gasteiger partial charge in [0.2, 0.25) is 11.0 Å². The molecule has 3 nitrogen and oxygen atoms in total. The Morgan fingerprint density at radius 1 is 1.00 bits per heavy atom. The van der Waals surface area contributed by atoms with Gasteiger partial charge in [0.15, 0.2) is 0 Å². The molecule has 4 rings (SSSR count). The van der Waals surface area contributed by atoms with Gasteiger partial charge in [0.05, 0.1) is 22.0 Å². The second-order valence-electron chi connectivity index (χ2n) is 6.13. The Morgan fingerprint density at radius 3 is 2.50 bits per heavy atom. The van der Waals surface area contributed by atoms with E-state index in [1.165, 1.54) is 51.4 Å². The van der Waals surface area contributed by atoms with E-state index in [2.05, 4.69) is 77.4 Å². The molecule has 0 radical (unpaired) electrons. The van der Waals surface area contributed by atoms with Crippen LogP contribution in [0.15, 0.2) is 48.5 Å². The van der Waals surface area contributed by atoms with Crippen molar-refractivity contribution in [2.45, 2.75) is 19.8 Å². The molecule has 24 heavy (non-hydrogen) atoms. The van der Waals surface area contributed by atoms with E-state index in [1.807, 2.05) is 0 Å². The predicted molar refractivity (Wildman–Crippen MR) is 97.9 cm³/mol. The predicted octanol–water partition coefficient (Wildman–Crippen LogP) is 1.51. The molecule has 0 spiro atoms. The molecule has 2 aromatic heterocycles. The van der Waals surface area contributed by atoms with E-state index in [0.717, 1.165) is 6.54 Å². The first-order chi connectivity index (χ1) is 11.3. The molecule has 0 amide bonds. The zero-order chi connectivity index (χ0) is 15.8. The molecule has 0 saturated heterocycles. The number of para-hydroxylation sites is 2. The normalized spacial score (nSPS) is 11.1. The summed E-state index contributed by atoms with van der Waals surface area (Å²) in [7, 11) is 2.15. The van der Waals surface area contributed by atoms with E-state index in [1.54, 1.807) is 0 Å². The lowest BCUT2D eigenvalue weighted by atomic mass is 10.1. The summed E-state index contributed by atoms with van der Waals surface area (Å²) in [4.78, 5) is 3.62. The molecule has 0 aliphatic heterocycles. The number of unbranched alkanes of at least 4 members (excludes halogenated alkanes) is 1. The maximum atomic E-state index is 3.68. The minimum absolute atomic E-state index is 0. The highest BCUT2D eigenvalue weighted by atomic mass is 35.5. The highest BCUT2D eigenvalue weighted by Crippen LogP contribution is 2.33. The number of aromatic nitrogens is 2. The van der Waals surface area contributed by atoms with Gasteiger partial charge in [0.1, 0.15) is 12.6 Å². The zero-order valence-electron chi connectivity index (χ0n) is 14.1. The number of H-pyrrole nitrogens is 1.